The third-order valence-corrected chi connectivity index (χ3v) is 3.79. The van der Waals surface area contributed by atoms with Crippen LogP contribution in [-0.2, 0) is 16.1 Å². The van der Waals surface area contributed by atoms with Crippen molar-refractivity contribution in [1.29, 1.82) is 0 Å². The van der Waals surface area contributed by atoms with Crippen LogP contribution in [0, 0.1) is 0 Å². The third-order valence-electron chi connectivity index (χ3n) is 3.79. The molecule has 0 fully saturated rings. The van der Waals surface area contributed by atoms with Gasteiger partial charge in [0, 0.05) is 11.3 Å². The van der Waals surface area contributed by atoms with Crippen molar-refractivity contribution in [2.75, 3.05) is 32.6 Å². The second kappa shape index (κ2) is 9.58. The van der Waals surface area contributed by atoms with Gasteiger partial charge in [0.05, 0.1) is 26.3 Å². The van der Waals surface area contributed by atoms with Gasteiger partial charge in [0.15, 0.2) is 6.54 Å². The molecule has 0 aliphatic carbocycles. The first-order valence-electron chi connectivity index (χ1n) is 8.53. The fourth-order valence-corrected chi connectivity index (χ4v) is 2.57. The third kappa shape index (κ3) is 5.89. The molecule has 2 N–H and O–H groups in total. The molecule has 6 nitrogen and oxygen atoms in total. The number of carbonyl (C=O) groups excluding carboxylic acids is 2. The molecule has 2 aromatic rings. The number of anilines is 1. The molecule has 1 amide bonds. The van der Waals surface area contributed by atoms with Gasteiger partial charge < -0.3 is 19.7 Å². The van der Waals surface area contributed by atoms with Crippen LogP contribution < -0.4 is 15.0 Å². The van der Waals surface area contributed by atoms with E-state index in [9.17, 15) is 9.59 Å². The van der Waals surface area contributed by atoms with Gasteiger partial charge in [-0.25, -0.2) is 4.79 Å². The molecule has 1 atom stereocenters. The zero-order valence-electron chi connectivity index (χ0n) is 15.4. The van der Waals surface area contributed by atoms with Crippen molar-refractivity contribution in [2.24, 2.45) is 0 Å². The number of hydrogen-bond donors (Lipinski definition) is 2. The summed E-state index contributed by atoms with van der Waals surface area (Å²) in [5, 5.41) is 2.84. The number of nitrogens with one attached hydrogen (secondary N) is 2. The van der Waals surface area contributed by atoms with Crippen molar-refractivity contribution in [3.63, 3.8) is 0 Å². The molecule has 0 aliphatic rings. The lowest BCUT2D eigenvalue weighted by Gasteiger charge is -2.14. The molecular formula is C20H25N2O4+. The fraction of sp³-hybridized carbons (Fsp3) is 0.300. The Bertz CT molecular complexity index is 726. The van der Waals surface area contributed by atoms with Crippen LogP contribution in [0.1, 0.15) is 22.8 Å². The van der Waals surface area contributed by atoms with Crippen LogP contribution in [-0.4, -0.2) is 39.2 Å². The number of rotatable bonds is 8. The van der Waals surface area contributed by atoms with E-state index in [0.29, 0.717) is 24.4 Å². The quantitative estimate of drug-likeness (QED) is 0.703. The Morgan fingerprint density at radius 1 is 1.04 bits per heavy atom. The van der Waals surface area contributed by atoms with E-state index in [-0.39, 0.29) is 5.91 Å². The molecule has 0 saturated carbocycles. The van der Waals surface area contributed by atoms with Crippen molar-refractivity contribution < 1.29 is 24.0 Å². The SMILES string of the molecule is CCOc1ccc(C[NH+](C)CC(=O)Nc2ccc(C(=O)OC)cc2)cc1. The Balaban J connectivity index is 1.83. The van der Waals surface area contributed by atoms with E-state index in [1.165, 1.54) is 7.11 Å². The molecule has 0 bridgehead atoms. The van der Waals surface area contributed by atoms with E-state index < -0.39 is 5.97 Å². The van der Waals surface area contributed by atoms with Crippen LogP contribution in [0.4, 0.5) is 5.69 Å². The number of carbonyl (C=O) groups is 2. The van der Waals surface area contributed by atoms with E-state index in [1.54, 1.807) is 24.3 Å². The number of likely N-dealkylation sites (N-methyl/N-ethyl adjacent to an activating group) is 1. The minimum Gasteiger partial charge on any atom is -0.494 e. The van der Waals surface area contributed by atoms with Gasteiger partial charge in [0.25, 0.3) is 5.91 Å². The van der Waals surface area contributed by atoms with Crippen LogP contribution in [0.25, 0.3) is 0 Å². The number of methoxy groups -OCH3 is 1. The molecule has 138 valence electrons. The zero-order chi connectivity index (χ0) is 18.9. The van der Waals surface area contributed by atoms with Crippen molar-refractivity contribution >= 4 is 17.6 Å². The number of ether oxygens (including phenoxy) is 2. The highest BCUT2D eigenvalue weighted by Gasteiger charge is 2.12. The Morgan fingerprint density at radius 3 is 2.27 bits per heavy atom. The standard InChI is InChI=1S/C20H24N2O4/c1-4-26-18-11-5-15(6-12-18)13-22(2)14-19(23)21-17-9-7-16(8-10-17)20(24)25-3/h5-12H,4,13-14H2,1-3H3,(H,21,23)/p+1. The number of benzene rings is 2. The predicted octanol–water partition coefficient (Wildman–Crippen LogP) is 1.53. The maximum absolute atomic E-state index is 12.2. The van der Waals surface area contributed by atoms with Crippen LogP contribution in [0.15, 0.2) is 48.5 Å². The first kappa shape index (κ1) is 19.5. The molecule has 26 heavy (non-hydrogen) atoms. The highest BCUT2D eigenvalue weighted by molar-refractivity contribution is 5.93. The summed E-state index contributed by atoms with van der Waals surface area (Å²) < 4.78 is 10.1. The van der Waals surface area contributed by atoms with Crippen molar-refractivity contribution in [3.05, 3.63) is 59.7 Å². The summed E-state index contributed by atoms with van der Waals surface area (Å²) in [5.74, 6) is 0.365. The minimum absolute atomic E-state index is 0.0840. The van der Waals surface area contributed by atoms with Crippen molar-refractivity contribution in [1.82, 2.24) is 0 Å². The van der Waals surface area contributed by atoms with Gasteiger partial charge >= 0.3 is 5.97 Å². The highest BCUT2D eigenvalue weighted by Crippen LogP contribution is 2.11. The zero-order valence-corrected chi connectivity index (χ0v) is 15.4. The molecule has 0 aromatic heterocycles. The minimum atomic E-state index is -0.401. The Kier molecular flexibility index (Phi) is 7.17. The average Bonchev–Trinajstić information content (AvgIpc) is 2.63. The second-order valence-electron chi connectivity index (χ2n) is 6.00. The van der Waals surface area contributed by atoms with Crippen molar-refractivity contribution in [2.45, 2.75) is 13.5 Å². The van der Waals surface area contributed by atoms with E-state index in [2.05, 4.69) is 10.1 Å². The average molecular weight is 357 g/mol. The van der Waals surface area contributed by atoms with Crippen LogP contribution in [0.2, 0.25) is 0 Å². The molecule has 2 aromatic carbocycles. The summed E-state index contributed by atoms with van der Waals surface area (Å²) in [4.78, 5) is 24.7. The summed E-state index contributed by atoms with van der Waals surface area (Å²) >= 11 is 0. The van der Waals surface area contributed by atoms with Gasteiger partial charge in [-0.1, -0.05) is 0 Å². The molecule has 0 radical (unpaired) electrons. The molecule has 0 heterocycles. The normalized spacial score (nSPS) is 11.5. The van der Waals surface area contributed by atoms with Crippen LogP contribution in [0.5, 0.6) is 5.75 Å². The fourth-order valence-electron chi connectivity index (χ4n) is 2.57. The van der Waals surface area contributed by atoms with Gasteiger partial charge in [0.1, 0.15) is 12.3 Å². The second-order valence-corrected chi connectivity index (χ2v) is 6.00. The predicted molar refractivity (Wildman–Crippen MR) is 99.5 cm³/mol. The number of hydrogen-bond acceptors (Lipinski definition) is 4. The number of quaternary nitrogens is 1. The topological polar surface area (TPSA) is 69.1 Å². The maximum Gasteiger partial charge on any atom is 0.337 e. The monoisotopic (exact) mass is 357 g/mol. The largest absolute Gasteiger partial charge is 0.494 e. The Hall–Kier alpha value is -2.86. The van der Waals surface area contributed by atoms with Gasteiger partial charge in [-0.05, 0) is 55.5 Å². The van der Waals surface area contributed by atoms with E-state index >= 15 is 0 Å². The lowest BCUT2D eigenvalue weighted by molar-refractivity contribution is -0.885. The van der Waals surface area contributed by atoms with Crippen molar-refractivity contribution in [3.8, 4) is 5.75 Å². The first-order chi connectivity index (χ1) is 12.5. The summed E-state index contributed by atoms with van der Waals surface area (Å²) in [5.41, 5.74) is 2.24. The van der Waals surface area contributed by atoms with E-state index in [0.717, 1.165) is 22.8 Å². The van der Waals surface area contributed by atoms with Gasteiger partial charge in [-0.3, -0.25) is 4.79 Å². The Morgan fingerprint density at radius 2 is 1.69 bits per heavy atom. The molecule has 0 saturated heterocycles. The molecule has 6 heteroatoms. The summed E-state index contributed by atoms with van der Waals surface area (Å²) in [6.07, 6.45) is 0. The molecular weight excluding hydrogens is 332 g/mol. The van der Waals surface area contributed by atoms with E-state index in [4.69, 9.17) is 4.74 Å². The molecule has 0 aliphatic heterocycles. The van der Waals surface area contributed by atoms with Gasteiger partial charge in [0.2, 0.25) is 0 Å². The summed E-state index contributed by atoms with van der Waals surface area (Å²) in [6, 6.07) is 14.5. The number of amides is 1. The van der Waals surface area contributed by atoms with Gasteiger partial charge in [-0.2, -0.15) is 0 Å². The maximum atomic E-state index is 12.2. The van der Waals surface area contributed by atoms with Crippen LogP contribution >= 0.6 is 0 Å². The lowest BCUT2D eigenvalue weighted by Crippen LogP contribution is -3.08. The highest BCUT2D eigenvalue weighted by atomic mass is 16.5. The van der Waals surface area contributed by atoms with E-state index in [1.807, 2.05) is 38.2 Å². The summed E-state index contributed by atoms with van der Waals surface area (Å²) in [7, 11) is 3.30. The first-order valence-corrected chi connectivity index (χ1v) is 8.53. The van der Waals surface area contributed by atoms with Gasteiger partial charge in [-0.15, -0.1) is 0 Å². The Labute approximate surface area is 153 Å². The van der Waals surface area contributed by atoms with Crippen LogP contribution in [0.3, 0.4) is 0 Å². The smallest absolute Gasteiger partial charge is 0.337 e. The molecule has 0 spiro atoms. The molecule has 1 unspecified atom stereocenters. The molecule has 2 rings (SSSR count). The lowest BCUT2D eigenvalue weighted by atomic mass is 10.2. The summed E-state index contributed by atoms with van der Waals surface area (Å²) in [6.45, 7) is 3.67. The number of esters is 1.